The Labute approximate surface area is 160 Å². The average Bonchev–Trinajstić information content (AvgIpc) is 3.06. The first-order valence-electron chi connectivity index (χ1n) is 9.84. The highest BCUT2D eigenvalue weighted by molar-refractivity contribution is 5.95. The van der Waals surface area contributed by atoms with Gasteiger partial charge in [-0.1, -0.05) is 26.0 Å². The molecule has 27 heavy (non-hydrogen) atoms. The van der Waals surface area contributed by atoms with Gasteiger partial charge >= 0.3 is 0 Å². The van der Waals surface area contributed by atoms with Crippen molar-refractivity contribution in [2.45, 2.75) is 39.7 Å². The molecule has 0 atom stereocenters. The maximum absolute atomic E-state index is 12.9. The number of piperidine rings is 1. The molecule has 1 aliphatic rings. The van der Waals surface area contributed by atoms with Gasteiger partial charge in [-0.25, -0.2) is 9.97 Å². The fourth-order valence-corrected chi connectivity index (χ4v) is 3.79. The lowest BCUT2D eigenvalue weighted by Crippen LogP contribution is -2.35. The molecule has 0 radical (unpaired) electrons. The first-order chi connectivity index (χ1) is 13.1. The third-order valence-corrected chi connectivity index (χ3v) is 5.06. The number of aromatic nitrogens is 3. The molecule has 1 fully saturated rings. The number of carbonyl (C=O) groups excluding carboxylic acids is 1. The second kappa shape index (κ2) is 7.51. The first-order valence-corrected chi connectivity index (χ1v) is 9.84. The summed E-state index contributed by atoms with van der Waals surface area (Å²) in [4.78, 5) is 24.2. The lowest BCUT2D eigenvalue weighted by Gasteiger charge is -2.26. The molecule has 3 heterocycles. The highest BCUT2D eigenvalue weighted by Crippen LogP contribution is 2.26. The Bertz CT molecular complexity index is 954. The van der Waals surface area contributed by atoms with E-state index in [0.717, 1.165) is 60.6 Å². The molecule has 3 aromatic rings. The van der Waals surface area contributed by atoms with Crippen LogP contribution in [0.1, 0.15) is 43.5 Å². The van der Waals surface area contributed by atoms with Gasteiger partial charge in [-0.15, -0.1) is 0 Å². The number of hydrogen-bond donors (Lipinski definition) is 0. The Balaban J connectivity index is 1.74. The zero-order valence-corrected chi connectivity index (χ0v) is 16.1. The molecule has 0 aliphatic carbocycles. The number of hydrogen-bond acceptors (Lipinski definition) is 3. The fraction of sp³-hybridized carbons (Fsp3) is 0.409. The monoisotopic (exact) mass is 362 g/mol. The molecular formula is C22H26N4O. The quantitative estimate of drug-likeness (QED) is 0.692. The topological polar surface area (TPSA) is 51.0 Å². The molecule has 0 spiro atoms. The smallest absolute Gasteiger partial charge is 0.253 e. The summed E-state index contributed by atoms with van der Waals surface area (Å²) in [5.41, 5.74) is 3.50. The molecular weight excluding hydrogens is 336 g/mol. The largest absolute Gasteiger partial charge is 0.339 e. The number of rotatable bonds is 4. The summed E-state index contributed by atoms with van der Waals surface area (Å²) in [6.45, 7) is 6.94. The number of benzene rings is 1. The summed E-state index contributed by atoms with van der Waals surface area (Å²) >= 11 is 0. The number of carbonyl (C=O) groups is 1. The Morgan fingerprint density at radius 2 is 1.93 bits per heavy atom. The molecule has 4 rings (SSSR count). The molecule has 5 nitrogen and oxygen atoms in total. The number of nitrogens with zero attached hydrogens (tertiary/aromatic N) is 4. The van der Waals surface area contributed by atoms with Crippen molar-refractivity contribution in [1.29, 1.82) is 0 Å². The standard InChI is InChI=1S/C22H26N4O/c1-16(2)15-26-20(24-19-10-7-11-23-21(19)26)17-8-6-9-18(14-17)22(27)25-12-4-3-5-13-25/h6-11,14,16H,3-5,12-13,15H2,1-2H3. The van der Waals surface area contributed by atoms with Gasteiger partial charge < -0.3 is 9.47 Å². The van der Waals surface area contributed by atoms with E-state index in [1.165, 1.54) is 6.42 Å². The summed E-state index contributed by atoms with van der Waals surface area (Å²) in [7, 11) is 0. The zero-order valence-electron chi connectivity index (χ0n) is 16.1. The van der Waals surface area contributed by atoms with Crippen LogP contribution in [0.15, 0.2) is 42.6 Å². The SMILES string of the molecule is CC(C)Cn1c(-c2cccc(C(=O)N3CCCCC3)c2)nc2cccnc21. The van der Waals surface area contributed by atoms with E-state index in [-0.39, 0.29) is 5.91 Å². The van der Waals surface area contributed by atoms with Gasteiger partial charge in [0.25, 0.3) is 5.91 Å². The van der Waals surface area contributed by atoms with Crippen LogP contribution in [0, 0.1) is 5.92 Å². The van der Waals surface area contributed by atoms with Crippen molar-refractivity contribution in [1.82, 2.24) is 19.4 Å². The van der Waals surface area contributed by atoms with Crippen LogP contribution in [0.5, 0.6) is 0 Å². The van der Waals surface area contributed by atoms with E-state index < -0.39 is 0 Å². The predicted molar refractivity (Wildman–Crippen MR) is 108 cm³/mol. The molecule has 1 aromatic carbocycles. The van der Waals surface area contributed by atoms with Crippen molar-refractivity contribution < 1.29 is 4.79 Å². The zero-order chi connectivity index (χ0) is 18.8. The van der Waals surface area contributed by atoms with Gasteiger partial charge in [0.05, 0.1) is 0 Å². The maximum Gasteiger partial charge on any atom is 0.253 e. The number of fused-ring (bicyclic) bond motifs is 1. The minimum Gasteiger partial charge on any atom is -0.339 e. The van der Waals surface area contributed by atoms with Crippen LogP contribution in [0.4, 0.5) is 0 Å². The lowest BCUT2D eigenvalue weighted by atomic mass is 10.1. The maximum atomic E-state index is 12.9. The van der Waals surface area contributed by atoms with Crippen molar-refractivity contribution in [3.8, 4) is 11.4 Å². The molecule has 0 N–H and O–H groups in total. The third-order valence-electron chi connectivity index (χ3n) is 5.06. The van der Waals surface area contributed by atoms with Crippen LogP contribution in [0.2, 0.25) is 0 Å². The van der Waals surface area contributed by atoms with Crippen molar-refractivity contribution in [3.63, 3.8) is 0 Å². The molecule has 1 aliphatic heterocycles. The fourth-order valence-electron chi connectivity index (χ4n) is 3.79. The van der Waals surface area contributed by atoms with E-state index >= 15 is 0 Å². The summed E-state index contributed by atoms with van der Waals surface area (Å²) in [6.07, 6.45) is 5.22. The minimum atomic E-state index is 0.126. The molecule has 0 bridgehead atoms. The Morgan fingerprint density at radius 3 is 2.70 bits per heavy atom. The molecule has 2 aromatic heterocycles. The van der Waals surface area contributed by atoms with Gasteiger partial charge in [0.2, 0.25) is 0 Å². The normalized spacial score (nSPS) is 14.9. The van der Waals surface area contributed by atoms with Crippen molar-refractivity contribution in [2.75, 3.05) is 13.1 Å². The molecule has 140 valence electrons. The third kappa shape index (κ3) is 3.59. The van der Waals surface area contributed by atoms with Gasteiger partial charge in [0, 0.05) is 37.0 Å². The Morgan fingerprint density at radius 1 is 1.11 bits per heavy atom. The van der Waals surface area contributed by atoms with Crippen LogP contribution in [0.25, 0.3) is 22.6 Å². The number of amides is 1. The van der Waals surface area contributed by atoms with Crippen molar-refractivity contribution in [2.24, 2.45) is 5.92 Å². The van der Waals surface area contributed by atoms with E-state index in [2.05, 4.69) is 23.4 Å². The van der Waals surface area contributed by atoms with Crippen molar-refractivity contribution in [3.05, 3.63) is 48.2 Å². The highest BCUT2D eigenvalue weighted by atomic mass is 16.2. The highest BCUT2D eigenvalue weighted by Gasteiger charge is 2.20. The van der Waals surface area contributed by atoms with Crippen LogP contribution in [0.3, 0.4) is 0 Å². The second-order valence-corrected chi connectivity index (χ2v) is 7.72. The Kier molecular flexibility index (Phi) is 4.92. The molecule has 1 saturated heterocycles. The number of likely N-dealkylation sites (tertiary alicyclic amines) is 1. The predicted octanol–water partition coefficient (Wildman–Crippen LogP) is 4.38. The summed E-state index contributed by atoms with van der Waals surface area (Å²) in [6, 6.07) is 11.8. The van der Waals surface area contributed by atoms with Gasteiger partial charge in [-0.2, -0.15) is 0 Å². The minimum absolute atomic E-state index is 0.126. The average molecular weight is 362 g/mol. The first kappa shape index (κ1) is 17.7. The van der Waals surface area contributed by atoms with Crippen molar-refractivity contribution >= 4 is 17.1 Å². The van der Waals surface area contributed by atoms with Crippen LogP contribution < -0.4 is 0 Å². The molecule has 0 saturated carbocycles. The van der Waals surface area contributed by atoms with Gasteiger partial charge in [-0.3, -0.25) is 4.79 Å². The molecule has 1 amide bonds. The van der Waals surface area contributed by atoms with Gasteiger partial charge in [0.1, 0.15) is 11.3 Å². The Hall–Kier alpha value is -2.69. The second-order valence-electron chi connectivity index (χ2n) is 7.72. The van der Waals surface area contributed by atoms with E-state index in [1.807, 2.05) is 41.3 Å². The van der Waals surface area contributed by atoms with Crippen LogP contribution in [-0.2, 0) is 6.54 Å². The molecule has 0 unspecified atom stereocenters. The summed E-state index contributed by atoms with van der Waals surface area (Å²) in [5.74, 6) is 1.48. The van der Waals surface area contributed by atoms with Gasteiger partial charge in [-0.05, 0) is 49.4 Å². The number of imidazole rings is 1. The van der Waals surface area contributed by atoms with Crippen LogP contribution in [-0.4, -0.2) is 38.4 Å². The van der Waals surface area contributed by atoms with Crippen LogP contribution >= 0.6 is 0 Å². The number of pyridine rings is 1. The van der Waals surface area contributed by atoms with E-state index in [0.29, 0.717) is 5.92 Å². The van der Waals surface area contributed by atoms with E-state index in [9.17, 15) is 4.79 Å². The molecule has 5 heteroatoms. The lowest BCUT2D eigenvalue weighted by molar-refractivity contribution is 0.0724. The summed E-state index contributed by atoms with van der Waals surface area (Å²) in [5, 5.41) is 0. The summed E-state index contributed by atoms with van der Waals surface area (Å²) < 4.78 is 2.17. The van der Waals surface area contributed by atoms with Gasteiger partial charge in [0.15, 0.2) is 5.65 Å². The van der Waals surface area contributed by atoms with E-state index in [1.54, 1.807) is 6.20 Å². The van der Waals surface area contributed by atoms with E-state index in [4.69, 9.17) is 4.98 Å².